The number of carbonyl (C=O) groups excluding carboxylic acids is 1. The Bertz CT molecular complexity index is 618. The summed E-state index contributed by atoms with van der Waals surface area (Å²) in [5, 5.41) is 12.5. The van der Waals surface area contributed by atoms with Gasteiger partial charge >= 0.3 is 6.09 Å². The third kappa shape index (κ3) is 4.82. The van der Waals surface area contributed by atoms with Gasteiger partial charge in [0.15, 0.2) is 0 Å². The van der Waals surface area contributed by atoms with E-state index in [0.717, 1.165) is 12.8 Å². The number of pyridine rings is 1. The number of aliphatic hydroxyl groups is 1. The first-order chi connectivity index (χ1) is 10.6. The van der Waals surface area contributed by atoms with Crippen LogP contribution in [0.15, 0.2) is 23.1 Å². The van der Waals surface area contributed by atoms with Gasteiger partial charge in [-0.25, -0.2) is 4.79 Å². The Morgan fingerprint density at radius 1 is 1.39 bits per heavy atom. The van der Waals surface area contributed by atoms with E-state index in [9.17, 15) is 14.7 Å². The molecule has 6 heteroatoms. The van der Waals surface area contributed by atoms with E-state index in [-0.39, 0.29) is 17.3 Å². The maximum Gasteiger partial charge on any atom is 0.412 e. The van der Waals surface area contributed by atoms with E-state index >= 15 is 0 Å². The van der Waals surface area contributed by atoms with Crippen LogP contribution in [-0.2, 0) is 4.74 Å². The average Bonchev–Trinajstić information content (AvgIpc) is 2.39. The summed E-state index contributed by atoms with van der Waals surface area (Å²) in [6.07, 6.45) is 3.89. The van der Waals surface area contributed by atoms with Gasteiger partial charge in [-0.1, -0.05) is 0 Å². The number of amides is 1. The number of nitrogens with one attached hydrogen (secondary N) is 1. The predicted octanol–water partition coefficient (Wildman–Crippen LogP) is 3.06. The molecule has 0 radical (unpaired) electrons. The van der Waals surface area contributed by atoms with Gasteiger partial charge in [-0.2, -0.15) is 0 Å². The number of carbonyl (C=O) groups is 1. The summed E-state index contributed by atoms with van der Waals surface area (Å²) in [6, 6.07) is 3.35. The molecule has 0 spiro atoms. The topological polar surface area (TPSA) is 80.6 Å². The van der Waals surface area contributed by atoms with Gasteiger partial charge in [0.2, 0.25) is 0 Å². The van der Waals surface area contributed by atoms with Crippen molar-refractivity contribution >= 4 is 11.8 Å². The molecule has 128 valence electrons. The van der Waals surface area contributed by atoms with Crippen LogP contribution in [-0.4, -0.2) is 27.0 Å². The monoisotopic (exact) mass is 322 g/mol. The molecule has 1 aliphatic carbocycles. The van der Waals surface area contributed by atoms with Crippen LogP contribution >= 0.6 is 0 Å². The van der Waals surface area contributed by atoms with Gasteiger partial charge in [-0.15, -0.1) is 0 Å². The van der Waals surface area contributed by atoms with Crippen molar-refractivity contribution in [1.29, 1.82) is 0 Å². The zero-order valence-electron chi connectivity index (χ0n) is 14.3. The molecule has 0 unspecified atom stereocenters. The molecular weight excluding hydrogens is 296 g/mol. The molecule has 0 saturated heterocycles. The lowest BCUT2D eigenvalue weighted by molar-refractivity contribution is 0.00956. The molecular formula is C17H26N2O4. The van der Waals surface area contributed by atoms with Crippen LogP contribution < -0.4 is 10.9 Å². The molecule has 1 aliphatic rings. The summed E-state index contributed by atoms with van der Waals surface area (Å²) >= 11 is 0. The lowest BCUT2D eigenvalue weighted by Crippen LogP contribution is -2.36. The summed E-state index contributed by atoms with van der Waals surface area (Å²) in [7, 11) is 0. The minimum absolute atomic E-state index is 0.0445. The zero-order chi connectivity index (χ0) is 17.3. The largest absolute Gasteiger partial charge is 0.444 e. The highest BCUT2D eigenvalue weighted by molar-refractivity contribution is 5.84. The van der Waals surface area contributed by atoms with Crippen molar-refractivity contribution in [3.8, 4) is 0 Å². The van der Waals surface area contributed by atoms with Crippen LogP contribution in [0.4, 0.5) is 10.5 Å². The average molecular weight is 322 g/mol. The van der Waals surface area contributed by atoms with Gasteiger partial charge in [-0.05, 0) is 65.5 Å². The highest BCUT2D eigenvalue weighted by Crippen LogP contribution is 2.33. The van der Waals surface area contributed by atoms with Crippen molar-refractivity contribution in [1.82, 2.24) is 4.57 Å². The number of aromatic nitrogens is 1. The molecule has 6 nitrogen and oxygen atoms in total. The van der Waals surface area contributed by atoms with Gasteiger partial charge in [0.25, 0.3) is 5.56 Å². The molecule has 1 amide bonds. The SMILES string of the molecule is CC(C)(C)OC(=O)Nc1cccn([C@H]2CC[C@](C)(O)CC2)c1=O. The molecule has 0 aromatic carbocycles. The minimum atomic E-state index is -0.646. The number of hydrogen-bond donors (Lipinski definition) is 2. The first-order valence-electron chi connectivity index (χ1n) is 8.01. The van der Waals surface area contributed by atoms with Crippen LogP contribution in [0.25, 0.3) is 0 Å². The fraction of sp³-hybridized carbons (Fsp3) is 0.647. The lowest BCUT2D eigenvalue weighted by atomic mass is 9.83. The second kappa shape index (κ2) is 6.35. The maximum atomic E-state index is 12.6. The number of ether oxygens (including phenoxy) is 1. The first kappa shape index (κ1) is 17.5. The Labute approximate surface area is 136 Å². The van der Waals surface area contributed by atoms with Gasteiger partial charge in [0.05, 0.1) is 5.60 Å². The van der Waals surface area contributed by atoms with E-state index in [4.69, 9.17) is 4.74 Å². The summed E-state index contributed by atoms with van der Waals surface area (Å²) in [6.45, 7) is 7.13. The smallest absolute Gasteiger partial charge is 0.412 e. The van der Waals surface area contributed by atoms with Crippen LogP contribution in [0.5, 0.6) is 0 Å². The molecule has 2 rings (SSSR count). The Hall–Kier alpha value is -1.82. The van der Waals surface area contributed by atoms with Crippen molar-refractivity contribution in [2.75, 3.05) is 5.32 Å². The van der Waals surface area contributed by atoms with E-state index in [1.807, 2.05) is 6.92 Å². The quantitative estimate of drug-likeness (QED) is 0.877. The molecule has 0 aliphatic heterocycles. The summed E-state index contributed by atoms with van der Waals surface area (Å²) < 4.78 is 6.82. The maximum absolute atomic E-state index is 12.6. The Morgan fingerprint density at radius 2 is 2.00 bits per heavy atom. The first-order valence-corrected chi connectivity index (χ1v) is 8.01. The van der Waals surface area contributed by atoms with Crippen molar-refractivity contribution in [2.24, 2.45) is 0 Å². The highest BCUT2D eigenvalue weighted by Gasteiger charge is 2.30. The highest BCUT2D eigenvalue weighted by atomic mass is 16.6. The molecule has 23 heavy (non-hydrogen) atoms. The van der Waals surface area contributed by atoms with Crippen molar-refractivity contribution < 1.29 is 14.6 Å². The molecule has 0 atom stereocenters. The fourth-order valence-electron chi connectivity index (χ4n) is 2.81. The third-order valence-corrected chi connectivity index (χ3v) is 4.04. The van der Waals surface area contributed by atoms with E-state index < -0.39 is 17.3 Å². The van der Waals surface area contributed by atoms with Crippen molar-refractivity contribution in [2.45, 2.75) is 70.6 Å². The van der Waals surface area contributed by atoms with Crippen LogP contribution in [0.3, 0.4) is 0 Å². The number of anilines is 1. The normalized spacial score (nSPS) is 25.0. The fourth-order valence-corrected chi connectivity index (χ4v) is 2.81. The number of rotatable bonds is 2. The van der Waals surface area contributed by atoms with Gasteiger partial charge in [-0.3, -0.25) is 10.1 Å². The van der Waals surface area contributed by atoms with Gasteiger partial charge < -0.3 is 14.4 Å². The minimum Gasteiger partial charge on any atom is -0.444 e. The second-order valence-electron chi connectivity index (χ2n) is 7.49. The Morgan fingerprint density at radius 3 is 2.57 bits per heavy atom. The molecule has 0 bridgehead atoms. The molecule has 1 fully saturated rings. The van der Waals surface area contributed by atoms with E-state index in [2.05, 4.69) is 5.32 Å². The summed E-state index contributed by atoms with van der Waals surface area (Å²) in [5.74, 6) is 0. The Balaban J connectivity index is 2.13. The zero-order valence-corrected chi connectivity index (χ0v) is 14.3. The molecule has 1 heterocycles. The lowest BCUT2D eigenvalue weighted by Gasteiger charge is -2.34. The number of hydrogen-bond acceptors (Lipinski definition) is 4. The summed E-state index contributed by atoms with van der Waals surface area (Å²) in [5.41, 5.74) is -1.30. The summed E-state index contributed by atoms with van der Waals surface area (Å²) in [4.78, 5) is 24.4. The van der Waals surface area contributed by atoms with E-state index in [1.165, 1.54) is 0 Å². The van der Waals surface area contributed by atoms with Crippen LogP contribution in [0.2, 0.25) is 0 Å². The van der Waals surface area contributed by atoms with Crippen molar-refractivity contribution in [3.63, 3.8) is 0 Å². The van der Waals surface area contributed by atoms with E-state index in [1.54, 1.807) is 43.7 Å². The second-order valence-corrected chi connectivity index (χ2v) is 7.49. The molecule has 1 saturated carbocycles. The van der Waals surface area contributed by atoms with Crippen LogP contribution in [0, 0.1) is 0 Å². The van der Waals surface area contributed by atoms with Gasteiger partial charge in [0, 0.05) is 12.2 Å². The van der Waals surface area contributed by atoms with Crippen molar-refractivity contribution in [3.05, 3.63) is 28.7 Å². The molecule has 1 aromatic heterocycles. The third-order valence-electron chi connectivity index (χ3n) is 4.04. The van der Waals surface area contributed by atoms with Crippen LogP contribution in [0.1, 0.15) is 59.4 Å². The predicted molar refractivity (Wildman–Crippen MR) is 88.7 cm³/mol. The standard InChI is InChI=1S/C17H26N2O4/c1-16(2,3)23-15(21)18-13-6-5-11-19(14(13)20)12-7-9-17(4,22)10-8-12/h5-6,11-12,22H,7-10H2,1-4H3,(H,18,21)/t12-,17-. The Kier molecular flexibility index (Phi) is 4.84. The van der Waals surface area contributed by atoms with E-state index in [0.29, 0.717) is 12.8 Å². The molecule has 2 N–H and O–H groups in total. The molecule has 1 aromatic rings. The van der Waals surface area contributed by atoms with Gasteiger partial charge in [0.1, 0.15) is 11.3 Å². The number of nitrogens with zero attached hydrogens (tertiary/aromatic N) is 1.